The van der Waals surface area contributed by atoms with Crippen LogP contribution in [0.15, 0.2) is 29.4 Å². The number of pyridine rings is 1. The van der Waals surface area contributed by atoms with E-state index in [2.05, 4.69) is 10.3 Å². The van der Waals surface area contributed by atoms with Crippen molar-refractivity contribution in [2.75, 3.05) is 12.4 Å². The lowest BCUT2D eigenvalue weighted by molar-refractivity contribution is -0.119. The molecule has 1 aromatic rings. The fourth-order valence-electron chi connectivity index (χ4n) is 1.13. The molecule has 0 fully saturated rings. The molecule has 1 rings (SSSR count). The summed E-state index contributed by atoms with van der Waals surface area (Å²) in [6.45, 7) is 1.92. The number of aliphatic hydroxyl groups is 1. The third kappa shape index (κ3) is 4.63. The first kappa shape index (κ1) is 13.0. The van der Waals surface area contributed by atoms with Crippen LogP contribution >= 0.6 is 11.8 Å². The number of aromatic nitrogens is 1. The Bertz CT molecular complexity index is 315. The molecule has 1 aromatic heterocycles. The smallest absolute Gasteiger partial charge is 0.230 e. The monoisotopic (exact) mass is 240 g/mol. The molecule has 2 N–H and O–H groups in total. The van der Waals surface area contributed by atoms with E-state index < -0.39 is 0 Å². The van der Waals surface area contributed by atoms with E-state index in [1.54, 1.807) is 12.4 Å². The predicted molar refractivity (Wildman–Crippen MR) is 64.3 cm³/mol. The second-order valence-corrected chi connectivity index (χ2v) is 4.38. The number of nitrogens with one attached hydrogen (secondary N) is 1. The van der Waals surface area contributed by atoms with Gasteiger partial charge in [-0.2, -0.15) is 0 Å². The van der Waals surface area contributed by atoms with E-state index in [1.807, 2.05) is 19.1 Å². The molecule has 5 heteroatoms. The number of aliphatic hydroxyl groups excluding tert-OH is 1. The van der Waals surface area contributed by atoms with Gasteiger partial charge >= 0.3 is 0 Å². The molecule has 0 aliphatic heterocycles. The molecule has 0 saturated heterocycles. The van der Waals surface area contributed by atoms with Gasteiger partial charge in [-0.15, -0.1) is 11.8 Å². The van der Waals surface area contributed by atoms with Crippen molar-refractivity contribution in [3.63, 3.8) is 0 Å². The Labute approximate surface area is 99.5 Å². The van der Waals surface area contributed by atoms with Crippen LogP contribution in [0.1, 0.15) is 13.3 Å². The van der Waals surface area contributed by atoms with Crippen molar-refractivity contribution in [1.82, 2.24) is 10.3 Å². The quantitative estimate of drug-likeness (QED) is 0.730. The topological polar surface area (TPSA) is 62.2 Å². The Morgan fingerprint density at radius 3 is 2.81 bits per heavy atom. The molecular weight excluding hydrogens is 224 g/mol. The number of carbonyl (C=O) groups is 1. The van der Waals surface area contributed by atoms with Gasteiger partial charge in [-0.3, -0.25) is 9.78 Å². The Morgan fingerprint density at radius 2 is 2.25 bits per heavy atom. The molecule has 1 unspecified atom stereocenters. The molecule has 0 saturated carbocycles. The zero-order valence-electron chi connectivity index (χ0n) is 9.22. The first-order chi connectivity index (χ1) is 7.76. The van der Waals surface area contributed by atoms with Gasteiger partial charge in [0.1, 0.15) is 0 Å². The zero-order chi connectivity index (χ0) is 11.8. The summed E-state index contributed by atoms with van der Waals surface area (Å²) in [6, 6.07) is 3.59. The highest BCUT2D eigenvalue weighted by Crippen LogP contribution is 2.15. The van der Waals surface area contributed by atoms with Gasteiger partial charge < -0.3 is 10.4 Å². The average molecular weight is 240 g/mol. The van der Waals surface area contributed by atoms with Crippen LogP contribution in [0.3, 0.4) is 0 Å². The predicted octanol–water partition coefficient (Wildman–Crippen LogP) is 1.06. The van der Waals surface area contributed by atoms with Crippen molar-refractivity contribution < 1.29 is 9.90 Å². The fourth-order valence-corrected chi connectivity index (χ4v) is 1.82. The summed E-state index contributed by atoms with van der Waals surface area (Å²) >= 11 is 1.46. The van der Waals surface area contributed by atoms with Gasteiger partial charge in [0.05, 0.1) is 18.4 Å². The Balaban J connectivity index is 2.30. The highest BCUT2D eigenvalue weighted by molar-refractivity contribution is 8.00. The van der Waals surface area contributed by atoms with Crippen LogP contribution in [0, 0.1) is 0 Å². The highest BCUT2D eigenvalue weighted by Gasteiger charge is 2.08. The van der Waals surface area contributed by atoms with E-state index in [0.717, 1.165) is 11.3 Å². The molecule has 1 heterocycles. The summed E-state index contributed by atoms with van der Waals surface area (Å²) in [4.78, 5) is 16.4. The third-order valence-electron chi connectivity index (χ3n) is 2.10. The molecular formula is C11H16N2O2S. The lowest BCUT2D eigenvalue weighted by Crippen LogP contribution is -2.37. The average Bonchev–Trinajstić information content (AvgIpc) is 2.34. The highest BCUT2D eigenvalue weighted by atomic mass is 32.2. The molecule has 0 aromatic carbocycles. The standard InChI is InChI=1S/C11H16N2O2S/c1-2-9(7-14)13-11(15)8-16-10-3-5-12-6-4-10/h3-6,9,14H,2,7-8H2,1H3,(H,13,15). The second kappa shape index (κ2) is 7.24. The Kier molecular flexibility index (Phi) is 5.88. The van der Waals surface area contributed by atoms with Gasteiger partial charge in [-0.05, 0) is 18.6 Å². The largest absolute Gasteiger partial charge is 0.394 e. The lowest BCUT2D eigenvalue weighted by Gasteiger charge is -2.13. The van der Waals surface area contributed by atoms with Crippen molar-refractivity contribution in [2.45, 2.75) is 24.3 Å². The van der Waals surface area contributed by atoms with Crippen LogP contribution in [0.25, 0.3) is 0 Å². The van der Waals surface area contributed by atoms with Gasteiger partial charge in [-0.25, -0.2) is 0 Å². The number of carbonyl (C=O) groups excluding carboxylic acids is 1. The number of hydrogen-bond donors (Lipinski definition) is 2. The van der Waals surface area contributed by atoms with Crippen molar-refractivity contribution in [2.24, 2.45) is 0 Å². The number of amides is 1. The SMILES string of the molecule is CCC(CO)NC(=O)CSc1ccncc1. The Morgan fingerprint density at radius 1 is 1.56 bits per heavy atom. The summed E-state index contributed by atoms with van der Waals surface area (Å²) in [6.07, 6.45) is 4.13. The van der Waals surface area contributed by atoms with Crippen molar-refractivity contribution in [3.05, 3.63) is 24.5 Å². The van der Waals surface area contributed by atoms with E-state index in [1.165, 1.54) is 11.8 Å². The fraction of sp³-hybridized carbons (Fsp3) is 0.455. The molecule has 4 nitrogen and oxygen atoms in total. The van der Waals surface area contributed by atoms with Crippen LogP contribution in [0.4, 0.5) is 0 Å². The van der Waals surface area contributed by atoms with E-state index in [-0.39, 0.29) is 18.6 Å². The van der Waals surface area contributed by atoms with Gasteiger partial charge in [0.15, 0.2) is 0 Å². The van der Waals surface area contributed by atoms with Crippen LogP contribution in [-0.4, -0.2) is 34.4 Å². The maximum absolute atomic E-state index is 11.5. The molecule has 0 aliphatic rings. The summed E-state index contributed by atoms with van der Waals surface area (Å²) in [5.41, 5.74) is 0. The summed E-state index contributed by atoms with van der Waals surface area (Å²) < 4.78 is 0. The van der Waals surface area contributed by atoms with E-state index in [4.69, 9.17) is 5.11 Å². The third-order valence-corrected chi connectivity index (χ3v) is 3.11. The normalized spacial score (nSPS) is 12.1. The Hall–Kier alpha value is -1.07. The minimum Gasteiger partial charge on any atom is -0.394 e. The molecule has 16 heavy (non-hydrogen) atoms. The van der Waals surface area contributed by atoms with Crippen LogP contribution in [0.5, 0.6) is 0 Å². The minimum atomic E-state index is -0.134. The van der Waals surface area contributed by atoms with Crippen molar-refractivity contribution in [1.29, 1.82) is 0 Å². The summed E-state index contributed by atoms with van der Waals surface area (Å²) in [7, 11) is 0. The molecule has 1 amide bonds. The van der Waals surface area contributed by atoms with Gasteiger partial charge in [0.25, 0.3) is 0 Å². The van der Waals surface area contributed by atoms with Crippen LogP contribution in [0.2, 0.25) is 0 Å². The maximum atomic E-state index is 11.5. The van der Waals surface area contributed by atoms with E-state index in [0.29, 0.717) is 5.75 Å². The number of rotatable bonds is 6. The number of hydrogen-bond acceptors (Lipinski definition) is 4. The van der Waals surface area contributed by atoms with E-state index >= 15 is 0 Å². The summed E-state index contributed by atoms with van der Waals surface area (Å²) in [5, 5.41) is 11.7. The first-order valence-corrected chi connectivity index (χ1v) is 6.17. The van der Waals surface area contributed by atoms with Crippen LogP contribution < -0.4 is 5.32 Å². The molecule has 0 radical (unpaired) electrons. The minimum absolute atomic E-state index is 0.0117. The van der Waals surface area contributed by atoms with Gasteiger partial charge in [0.2, 0.25) is 5.91 Å². The van der Waals surface area contributed by atoms with Crippen LogP contribution in [-0.2, 0) is 4.79 Å². The number of thioether (sulfide) groups is 1. The summed E-state index contributed by atoms with van der Waals surface area (Å²) in [5.74, 6) is 0.309. The molecule has 0 bridgehead atoms. The van der Waals surface area contributed by atoms with Crippen molar-refractivity contribution >= 4 is 17.7 Å². The van der Waals surface area contributed by atoms with Gasteiger partial charge in [-0.1, -0.05) is 6.92 Å². The first-order valence-electron chi connectivity index (χ1n) is 5.19. The lowest BCUT2D eigenvalue weighted by atomic mass is 10.2. The maximum Gasteiger partial charge on any atom is 0.230 e. The molecule has 1 atom stereocenters. The second-order valence-electron chi connectivity index (χ2n) is 3.33. The number of nitrogens with zero attached hydrogens (tertiary/aromatic N) is 1. The zero-order valence-corrected chi connectivity index (χ0v) is 10.0. The van der Waals surface area contributed by atoms with E-state index in [9.17, 15) is 4.79 Å². The van der Waals surface area contributed by atoms with Gasteiger partial charge in [0, 0.05) is 17.3 Å². The molecule has 0 spiro atoms. The van der Waals surface area contributed by atoms with Crippen molar-refractivity contribution in [3.8, 4) is 0 Å². The molecule has 88 valence electrons. The molecule has 0 aliphatic carbocycles.